The summed E-state index contributed by atoms with van der Waals surface area (Å²) in [6.45, 7) is -1.43. The van der Waals surface area contributed by atoms with Crippen molar-refractivity contribution in [2.45, 2.75) is 61.4 Å². The third-order valence-electron chi connectivity index (χ3n) is 7.43. The van der Waals surface area contributed by atoms with Gasteiger partial charge in [0.05, 0.1) is 32.0 Å². The molecule has 0 saturated carbocycles. The van der Waals surface area contributed by atoms with Gasteiger partial charge in [-0.25, -0.2) is 4.42 Å². The maximum absolute atomic E-state index is 10.6. The highest BCUT2D eigenvalue weighted by Gasteiger charge is 2.47. The first-order chi connectivity index (χ1) is 21.0. The molecule has 2 saturated heterocycles. The number of aromatic hydroxyl groups is 2. The van der Waals surface area contributed by atoms with E-state index >= 15 is 0 Å². The molecule has 0 radical (unpaired) electrons. The highest BCUT2D eigenvalue weighted by Crippen LogP contribution is 2.43. The summed E-state index contributed by atoms with van der Waals surface area (Å²) in [7, 11) is 1.32. The smallest absolute Gasteiger partial charge is 0.402 e. The summed E-state index contributed by atoms with van der Waals surface area (Å²) in [4.78, 5) is 0. The third kappa shape index (κ3) is 6.67. The van der Waals surface area contributed by atoms with Gasteiger partial charge in [-0.3, -0.25) is 0 Å². The van der Waals surface area contributed by atoms with Crippen molar-refractivity contribution in [2.24, 2.45) is 0 Å². The average molecular weight is 661 g/mol. The van der Waals surface area contributed by atoms with Gasteiger partial charge >= 0.3 is 11.3 Å². The first-order valence-corrected chi connectivity index (χ1v) is 13.4. The van der Waals surface area contributed by atoms with Gasteiger partial charge in [0, 0.05) is 18.2 Å². The van der Waals surface area contributed by atoms with Crippen molar-refractivity contribution in [2.75, 3.05) is 20.3 Å². The van der Waals surface area contributed by atoms with Crippen LogP contribution in [0.4, 0.5) is 0 Å². The van der Waals surface area contributed by atoms with Crippen LogP contribution in [0, 0.1) is 0 Å². The summed E-state index contributed by atoms with van der Waals surface area (Å²) in [5, 5.41) is 102. The van der Waals surface area contributed by atoms with Crippen LogP contribution in [0.5, 0.6) is 28.7 Å². The second-order valence-corrected chi connectivity index (χ2v) is 10.3. The number of hydrogen-bond acceptors (Lipinski definition) is 15. The van der Waals surface area contributed by atoms with Crippen molar-refractivity contribution in [1.29, 1.82) is 0 Å². The fourth-order valence-corrected chi connectivity index (χ4v) is 4.96. The van der Waals surface area contributed by atoms with Crippen LogP contribution in [0.25, 0.3) is 22.3 Å². The Morgan fingerprint density at radius 3 is 1.78 bits per heavy atom. The molecule has 3 heterocycles. The zero-order chi connectivity index (χ0) is 31.9. The van der Waals surface area contributed by atoms with Gasteiger partial charge in [0.15, 0.2) is 11.5 Å². The monoisotopic (exact) mass is 660 g/mol. The first-order valence-electron chi connectivity index (χ1n) is 13.4. The summed E-state index contributed by atoms with van der Waals surface area (Å²) in [5.41, 5.74) is 0.244. The number of fused-ring (bicyclic) bond motifs is 1. The molecule has 2 aliphatic rings. The van der Waals surface area contributed by atoms with E-state index in [4.69, 9.17) is 28.1 Å². The molecule has 5 rings (SSSR count). The Hall–Kier alpha value is -3.26. The molecule has 1 aromatic heterocycles. The number of aliphatic hydroxyl groups excluding tert-OH is 8. The molecule has 248 valence electrons. The molecule has 10 atom stereocenters. The molecule has 0 amide bonds. The Morgan fingerprint density at radius 1 is 0.689 bits per heavy atom. The number of hydrogen-bond donors (Lipinski definition) is 10. The number of rotatable bonds is 8. The second-order valence-electron chi connectivity index (χ2n) is 10.3. The van der Waals surface area contributed by atoms with Crippen LogP contribution in [0.3, 0.4) is 0 Å². The minimum Gasteiger partial charge on any atom is -1.00 e. The number of halogens is 1. The summed E-state index contributed by atoms with van der Waals surface area (Å²) < 4.78 is 33.9. The molecule has 0 bridgehead atoms. The van der Waals surface area contributed by atoms with Crippen LogP contribution in [-0.2, 0) is 9.47 Å². The Morgan fingerprint density at radius 2 is 1.24 bits per heavy atom. The van der Waals surface area contributed by atoms with Crippen molar-refractivity contribution < 1.29 is 91.6 Å². The van der Waals surface area contributed by atoms with Crippen LogP contribution < -0.4 is 26.6 Å². The van der Waals surface area contributed by atoms with Crippen LogP contribution in [0.1, 0.15) is 0 Å². The van der Waals surface area contributed by atoms with E-state index in [-0.39, 0.29) is 63.4 Å². The molecule has 2 aromatic carbocycles. The minimum atomic E-state index is -1.80. The van der Waals surface area contributed by atoms with Crippen molar-refractivity contribution in [3.05, 3.63) is 36.4 Å². The molecule has 0 aliphatic carbocycles. The number of benzene rings is 2. The number of ether oxygens (including phenoxy) is 5. The maximum atomic E-state index is 10.6. The SMILES string of the molecule is COc1cc(-c2[o+]c3cc(O)cc(O[C@@H]4O[C@H](CO)[C@@H](O)[C@H](O)[C@H]4O)c3cc2O[C@@H]2O[C@H](CO)[C@@H](O)[C@H](O)[C@H]2O)ccc1O.[Cl-]. The van der Waals surface area contributed by atoms with Crippen molar-refractivity contribution in [1.82, 2.24) is 0 Å². The van der Waals surface area contributed by atoms with E-state index in [0.717, 1.165) is 6.07 Å². The minimum absolute atomic E-state index is 0. The Labute approximate surface area is 260 Å². The lowest BCUT2D eigenvalue weighted by molar-refractivity contribution is -0.277. The van der Waals surface area contributed by atoms with Gasteiger partial charge in [-0.2, -0.15) is 0 Å². The third-order valence-corrected chi connectivity index (χ3v) is 7.43. The Kier molecular flexibility index (Phi) is 10.8. The summed E-state index contributed by atoms with van der Waals surface area (Å²) in [5.74, 6) is -0.907. The van der Waals surface area contributed by atoms with Gasteiger partial charge < -0.3 is 87.2 Å². The predicted molar refractivity (Wildman–Crippen MR) is 145 cm³/mol. The molecule has 2 fully saturated rings. The van der Waals surface area contributed by atoms with Gasteiger partial charge in [-0.05, 0) is 12.1 Å². The molecule has 17 heteroatoms. The molecule has 10 N–H and O–H groups in total. The fourth-order valence-electron chi connectivity index (χ4n) is 4.96. The van der Waals surface area contributed by atoms with E-state index in [9.17, 15) is 51.1 Å². The van der Waals surface area contributed by atoms with Crippen molar-refractivity contribution in [3.8, 4) is 40.1 Å². The number of phenolic OH excluding ortho intramolecular Hbond substituents is 2. The van der Waals surface area contributed by atoms with E-state index in [2.05, 4.69) is 0 Å². The second kappa shape index (κ2) is 14.0. The molecule has 3 aromatic rings. The maximum Gasteiger partial charge on any atom is 0.402 e. The van der Waals surface area contributed by atoms with Gasteiger partial charge in [0.1, 0.15) is 65.7 Å². The van der Waals surface area contributed by atoms with E-state index in [1.165, 1.54) is 37.4 Å². The Bertz CT molecular complexity index is 1470. The lowest BCUT2D eigenvalue weighted by atomic mass is 9.99. The average Bonchev–Trinajstić information content (AvgIpc) is 3.01. The summed E-state index contributed by atoms with van der Waals surface area (Å²) in [6.07, 6.45) is -16.3. The number of methoxy groups -OCH3 is 1. The van der Waals surface area contributed by atoms with E-state index in [1.54, 1.807) is 0 Å². The summed E-state index contributed by atoms with van der Waals surface area (Å²) >= 11 is 0. The van der Waals surface area contributed by atoms with Gasteiger partial charge in [0.2, 0.25) is 18.3 Å². The van der Waals surface area contributed by atoms with E-state index in [0.29, 0.717) is 0 Å². The van der Waals surface area contributed by atoms with E-state index in [1.807, 2.05) is 0 Å². The molecule has 0 spiro atoms. The van der Waals surface area contributed by atoms with Crippen LogP contribution >= 0.6 is 0 Å². The molecule has 2 aliphatic heterocycles. The van der Waals surface area contributed by atoms with Crippen LogP contribution in [0.15, 0.2) is 40.8 Å². The number of aliphatic hydroxyl groups is 8. The van der Waals surface area contributed by atoms with Gasteiger partial charge in [-0.15, -0.1) is 0 Å². The van der Waals surface area contributed by atoms with Crippen molar-refractivity contribution >= 4 is 11.0 Å². The standard InChI is InChI=1S/C28H32O16.ClH/c1-39-16-4-10(2-3-13(16)32)26-17(42-28-25(38)23(36)21(34)19(9-30)44-28)7-12-14(40-26)5-11(31)6-15(12)41-27-24(37)22(35)20(33)18(8-29)43-27;/h2-7,18-25,27-30,33-38H,8-9H2,1H3,(H-,31,32);1H/t18-,19-,20-,21-,22+,23+,24-,25-,27-,28-;/m1./s1. The molecular formula is C28H33ClO16. The molecule has 16 nitrogen and oxygen atoms in total. The Balaban J connectivity index is 0.00000461. The zero-order valence-electron chi connectivity index (χ0n) is 23.5. The quantitative estimate of drug-likeness (QED) is 0.102. The van der Waals surface area contributed by atoms with Crippen LogP contribution in [0.2, 0.25) is 0 Å². The van der Waals surface area contributed by atoms with Gasteiger partial charge in [0.25, 0.3) is 0 Å². The molecule has 45 heavy (non-hydrogen) atoms. The highest BCUT2D eigenvalue weighted by atomic mass is 35.5. The first kappa shape index (κ1) is 34.6. The van der Waals surface area contributed by atoms with E-state index < -0.39 is 74.6 Å². The number of phenols is 2. The van der Waals surface area contributed by atoms with Gasteiger partial charge in [-0.1, -0.05) is 0 Å². The lowest BCUT2D eigenvalue weighted by Crippen LogP contribution is -3.00. The molecular weight excluding hydrogens is 628 g/mol. The fraction of sp³-hybridized carbons (Fsp3) is 0.464. The zero-order valence-corrected chi connectivity index (χ0v) is 24.2. The largest absolute Gasteiger partial charge is 1.00 e. The molecule has 0 unspecified atom stereocenters. The highest BCUT2D eigenvalue weighted by molar-refractivity contribution is 5.89. The van der Waals surface area contributed by atoms with Crippen LogP contribution in [-0.4, -0.2) is 133 Å². The normalized spacial score (nSPS) is 31.7. The topological polar surface area (TPSA) is 260 Å². The van der Waals surface area contributed by atoms with Crippen molar-refractivity contribution in [3.63, 3.8) is 0 Å². The summed E-state index contributed by atoms with van der Waals surface area (Å²) in [6, 6.07) is 7.81. The predicted octanol–water partition coefficient (Wildman–Crippen LogP) is -4.84. The lowest BCUT2D eigenvalue weighted by Gasteiger charge is -2.39.